The Kier molecular flexibility index (Phi) is 7.76. The zero-order chi connectivity index (χ0) is 11.6. The molecule has 0 bridgehead atoms. The van der Waals surface area contributed by atoms with Gasteiger partial charge >= 0.3 is 0 Å². The van der Waals surface area contributed by atoms with E-state index in [0.717, 1.165) is 45.8 Å². The molecule has 0 radical (unpaired) electrons. The third kappa shape index (κ3) is 6.43. The number of hydrogen-bond acceptors (Lipinski definition) is 4. The molecule has 16 heavy (non-hydrogen) atoms. The highest BCUT2D eigenvalue weighted by atomic mass is 16.5. The van der Waals surface area contributed by atoms with Crippen LogP contribution in [0.2, 0.25) is 0 Å². The first-order valence-corrected chi connectivity index (χ1v) is 6.32. The molecule has 96 valence electrons. The van der Waals surface area contributed by atoms with Gasteiger partial charge in [-0.3, -0.25) is 0 Å². The van der Waals surface area contributed by atoms with Crippen LogP contribution in [0, 0.1) is 0 Å². The van der Waals surface area contributed by atoms with Crippen molar-refractivity contribution in [3.63, 3.8) is 0 Å². The quantitative estimate of drug-likeness (QED) is 0.623. The Labute approximate surface area is 99.3 Å². The first kappa shape index (κ1) is 13.9. The molecule has 0 aromatic carbocycles. The molecular weight excluding hydrogens is 204 g/mol. The van der Waals surface area contributed by atoms with E-state index in [1.54, 1.807) is 7.11 Å². The van der Waals surface area contributed by atoms with E-state index in [1.165, 1.54) is 12.8 Å². The van der Waals surface area contributed by atoms with Crippen LogP contribution in [0.4, 0.5) is 0 Å². The maximum Gasteiger partial charge on any atom is 0.0599 e. The van der Waals surface area contributed by atoms with Gasteiger partial charge in [0.05, 0.1) is 12.7 Å². The number of nitrogens with zero attached hydrogens (tertiary/aromatic N) is 1. The van der Waals surface area contributed by atoms with Gasteiger partial charge in [-0.2, -0.15) is 0 Å². The van der Waals surface area contributed by atoms with Gasteiger partial charge in [0.15, 0.2) is 0 Å². The third-order valence-corrected chi connectivity index (χ3v) is 3.00. The topological polar surface area (TPSA) is 33.7 Å². The molecule has 4 heteroatoms. The Balaban J connectivity index is 1.90. The van der Waals surface area contributed by atoms with Crippen molar-refractivity contribution >= 4 is 0 Å². The monoisotopic (exact) mass is 230 g/mol. The Morgan fingerprint density at radius 2 is 1.94 bits per heavy atom. The summed E-state index contributed by atoms with van der Waals surface area (Å²) in [5, 5.41) is 3.34. The number of hydrogen-bond donors (Lipinski definition) is 1. The van der Waals surface area contributed by atoms with Crippen LogP contribution in [0.3, 0.4) is 0 Å². The third-order valence-electron chi connectivity index (χ3n) is 3.00. The molecule has 1 N–H and O–H groups in total. The molecule has 0 aromatic heterocycles. The van der Waals surface area contributed by atoms with Gasteiger partial charge in [-0.05, 0) is 39.4 Å². The van der Waals surface area contributed by atoms with Crippen LogP contribution in [0.25, 0.3) is 0 Å². The minimum absolute atomic E-state index is 0.491. The van der Waals surface area contributed by atoms with E-state index < -0.39 is 0 Å². The van der Waals surface area contributed by atoms with Crippen LogP contribution in [-0.2, 0) is 9.47 Å². The summed E-state index contributed by atoms with van der Waals surface area (Å²) >= 11 is 0. The second-order valence-corrected chi connectivity index (χ2v) is 4.47. The number of rotatable bonds is 8. The molecule has 1 rings (SSSR count). The van der Waals surface area contributed by atoms with Crippen molar-refractivity contribution < 1.29 is 9.47 Å². The van der Waals surface area contributed by atoms with E-state index in [0.29, 0.717) is 6.10 Å². The van der Waals surface area contributed by atoms with Crippen LogP contribution in [0.1, 0.15) is 19.3 Å². The molecule has 0 aliphatic carbocycles. The smallest absolute Gasteiger partial charge is 0.0599 e. The summed E-state index contributed by atoms with van der Waals surface area (Å²) < 4.78 is 10.9. The lowest BCUT2D eigenvalue weighted by molar-refractivity contribution is 0.0279. The fourth-order valence-electron chi connectivity index (χ4n) is 1.91. The highest BCUT2D eigenvalue weighted by molar-refractivity contribution is 4.68. The molecule has 4 nitrogen and oxygen atoms in total. The van der Waals surface area contributed by atoms with Crippen molar-refractivity contribution in [2.45, 2.75) is 25.4 Å². The van der Waals surface area contributed by atoms with Crippen molar-refractivity contribution in [2.24, 2.45) is 0 Å². The minimum Gasteiger partial charge on any atom is -0.383 e. The van der Waals surface area contributed by atoms with E-state index in [9.17, 15) is 0 Å². The Bertz CT molecular complexity index is 161. The maximum atomic E-state index is 5.84. The lowest BCUT2D eigenvalue weighted by Crippen LogP contribution is -2.33. The molecule has 1 aliphatic heterocycles. The predicted molar refractivity (Wildman–Crippen MR) is 65.8 cm³/mol. The SMILES string of the molecule is COCCN(C)CCCOC1CCNCC1. The van der Waals surface area contributed by atoms with Crippen molar-refractivity contribution in [2.75, 3.05) is 53.6 Å². The van der Waals surface area contributed by atoms with Gasteiger partial charge in [-0.15, -0.1) is 0 Å². The summed E-state index contributed by atoms with van der Waals surface area (Å²) in [6, 6.07) is 0. The zero-order valence-corrected chi connectivity index (χ0v) is 10.7. The molecule has 0 aromatic rings. The first-order chi connectivity index (χ1) is 7.83. The van der Waals surface area contributed by atoms with Gasteiger partial charge in [-0.1, -0.05) is 0 Å². The van der Waals surface area contributed by atoms with Crippen LogP contribution in [-0.4, -0.2) is 64.6 Å². The Morgan fingerprint density at radius 3 is 2.62 bits per heavy atom. The summed E-state index contributed by atoms with van der Waals surface area (Å²) in [6.45, 7) is 6.02. The van der Waals surface area contributed by atoms with E-state index >= 15 is 0 Å². The first-order valence-electron chi connectivity index (χ1n) is 6.32. The van der Waals surface area contributed by atoms with E-state index in [2.05, 4.69) is 17.3 Å². The standard InChI is InChI=1S/C12H26N2O2/c1-14(9-11-15-2)8-3-10-16-12-4-6-13-7-5-12/h12-13H,3-11H2,1-2H3. The summed E-state index contributed by atoms with van der Waals surface area (Å²) in [6.07, 6.45) is 3.94. The largest absolute Gasteiger partial charge is 0.383 e. The molecule has 0 saturated carbocycles. The second kappa shape index (κ2) is 8.93. The minimum atomic E-state index is 0.491. The molecule has 1 saturated heterocycles. The predicted octanol–water partition coefficient (Wildman–Crippen LogP) is 0.723. The van der Waals surface area contributed by atoms with Crippen molar-refractivity contribution in [3.05, 3.63) is 0 Å². The van der Waals surface area contributed by atoms with Gasteiger partial charge in [0.1, 0.15) is 0 Å². The summed E-state index contributed by atoms with van der Waals surface area (Å²) in [5.41, 5.74) is 0. The van der Waals surface area contributed by atoms with Gasteiger partial charge in [0.2, 0.25) is 0 Å². The Hall–Kier alpha value is -0.160. The highest BCUT2D eigenvalue weighted by Gasteiger charge is 2.12. The molecule has 0 amide bonds. The van der Waals surface area contributed by atoms with Crippen molar-refractivity contribution in [1.29, 1.82) is 0 Å². The molecule has 1 fully saturated rings. The number of likely N-dealkylation sites (N-methyl/N-ethyl adjacent to an activating group) is 1. The lowest BCUT2D eigenvalue weighted by Gasteiger charge is -2.23. The van der Waals surface area contributed by atoms with E-state index in [-0.39, 0.29) is 0 Å². The van der Waals surface area contributed by atoms with Crippen molar-refractivity contribution in [1.82, 2.24) is 10.2 Å². The average Bonchev–Trinajstić information content (AvgIpc) is 2.33. The second-order valence-electron chi connectivity index (χ2n) is 4.47. The molecule has 0 atom stereocenters. The normalized spacial score (nSPS) is 18.2. The highest BCUT2D eigenvalue weighted by Crippen LogP contribution is 2.07. The molecular formula is C12H26N2O2. The van der Waals surface area contributed by atoms with Crippen LogP contribution < -0.4 is 5.32 Å². The number of methoxy groups -OCH3 is 1. The fourth-order valence-corrected chi connectivity index (χ4v) is 1.91. The fraction of sp³-hybridized carbons (Fsp3) is 1.00. The van der Waals surface area contributed by atoms with Crippen molar-refractivity contribution in [3.8, 4) is 0 Å². The maximum absolute atomic E-state index is 5.84. The van der Waals surface area contributed by atoms with Gasteiger partial charge in [0.25, 0.3) is 0 Å². The van der Waals surface area contributed by atoms with Crippen LogP contribution in [0.5, 0.6) is 0 Å². The van der Waals surface area contributed by atoms with E-state index in [1.807, 2.05) is 0 Å². The Morgan fingerprint density at radius 1 is 1.19 bits per heavy atom. The number of nitrogens with one attached hydrogen (secondary N) is 1. The molecule has 1 aliphatic rings. The number of ether oxygens (including phenoxy) is 2. The van der Waals surface area contributed by atoms with E-state index in [4.69, 9.17) is 9.47 Å². The average molecular weight is 230 g/mol. The van der Waals surface area contributed by atoms with Crippen LogP contribution in [0.15, 0.2) is 0 Å². The summed E-state index contributed by atoms with van der Waals surface area (Å²) in [7, 11) is 3.87. The summed E-state index contributed by atoms with van der Waals surface area (Å²) in [5.74, 6) is 0. The zero-order valence-electron chi connectivity index (χ0n) is 10.7. The van der Waals surface area contributed by atoms with Crippen LogP contribution >= 0.6 is 0 Å². The van der Waals surface area contributed by atoms with Gasteiger partial charge < -0.3 is 19.7 Å². The number of piperidine rings is 1. The lowest BCUT2D eigenvalue weighted by atomic mass is 10.1. The molecule has 1 heterocycles. The molecule has 0 unspecified atom stereocenters. The molecule has 0 spiro atoms. The van der Waals surface area contributed by atoms with Gasteiger partial charge in [-0.25, -0.2) is 0 Å². The summed E-state index contributed by atoms with van der Waals surface area (Å²) in [4.78, 5) is 2.29. The van der Waals surface area contributed by atoms with Gasteiger partial charge in [0, 0.05) is 26.8 Å².